The first-order valence-electron chi connectivity index (χ1n) is 10.4. The maximum Gasteiger partial charge on any atom is 0.475 e. The molecule has 4 rings (SSSR count). The number of nitrogens with one attached hydrogen (secondary N) is 2. The second-order valence-electron chi connectivity index (χ2n) is 8.48. The maximum atomic E-state index is 12.6. The van der Waals surface area contributed by atoms with Gasteiger partial charge < -0.3 is 25.4 Å². The highest BCUT2D eigenvalue weighted by Gasteiger charge is 2.49. The second kappa shape index (κ2) is 8.95. The van der Waals surface area contributed by atoms with Crippen molar-refractivity contribution < 1.29 is 19.6 Å². The Labute approximate surface area is 168 Å². The molecule has 154 valence electrons. The van der Waals surface area contributed by atoms with E-state index in [9.17, 15) is 14.8 Å². The Morgan fingerprint density at radius 1 is 1.14 bits per heavy atom. The number of hydrogen-bond donors (Lipinski definition) is 4. The van der Waals surface area contributed by atoms with E-state index in [0.717, 1.165) is 51.5 Å². The summed E-state index contributed by atoms with van der Waals surface area (Å²) in [4.78, 5) is 12.6. The van der Waals surface area contributed by atoms with Crippen LogP contribution < -0.4 is 10.6 Å². The molecule has 0 aliphatic heterocycles. The number of benzene rings is 1. The van der Waals surface area contributed by atoms with Crippen LogP contribution in [0.1, 0.15) is 67.3 Å². The lowest BCUT2D eigenvalue weighted by molar-refractivity contribution is -0.0955. The van der Waals surface area contributed by atoms with Gasteiger partial charge in [0.05, 0.1) is 11.5 Å². The molecule has 0 radical (unpaired) electrons. The van der Waals surface area contributed by atoms with Crippen molar-refractivity contribution in [1.82, 2.24) is 10.6 Å². The average molecular weight is 388 g/mol. The lowest BCUT2D eigenvalue weighted by atomic mass is 9.56. The summed E-state index contributed by atoms with van der Waals surface area (Å²) in [6.07, 6.45) is 7.98. The van der Waals surface area contributed by atoms with Gasteiger partial charge in [-0.2, -0.15) is 0 Å². The Hall–Kier alpha value is -1.41. The fourth-order valence-corrected chi connectivity index (χ4v) is 4.91. The quantitative estimate of drug-likeness (QED) is 0.383. The van der Waals surface area contributed by atoms with Crippen molar-refractivity contribution >= 4 is 13.0 Å². The van der Waals surface area contributed by atoms with E-state index in [1.165, 1.54) is 5.56 Å². The summed E-state index contributed by atoms with van der Waals surface area (Å²) in [6, 6.07) is 7.87. The summed E-state index contributed by atoms with van der Waals surface area (Å²) < 4.78 is 5.79. The number of fused-ring (bicyclic) bond motifs is 3. The predicted octanol–water partition coefficient (Wildman–Crippen LogP) is 1.79. The number of methoxy groups -OCH3 is 1. The second-order valence-corrected chi connectivity index (χ2v) is 8.48. The SMILES string of the molecule is CNCCC[C@H](NC(=O)c1ccc(C23CCC(OC)(CC2)CC3)cc1)B(O)O. The number of ether oxygens (including phenoxy) is 1. The minimum absolute atomic E-state index is 0.0923. The summed E-state index contributed by atoms with van der Waals surface area (Å²) in [7, 11) is 2.11. The van der Waals surface area contributed by atoms with Crippen LogP contribution in [0.4, 0.5) is 0 Å². The van der Waals surface area contributed by atoms with Crippen molar-refractivity contribution in [2.24, 2.45) is 0 Å². The molecule has 0 saturated heterocycles. The van der Waals surface area contributed by atoms with Crippen molar-refractivity contribution in [2.75, 3.05) is 20.7 Å². The van der Waals surface area contributed by atoms with Gasteiger partial charge in [0.25, 0.3) is 5.91 Å². The van der Waals surface area contributed by atoms with Gasteiger partial charge in [-0.1, -0.05) is 12.1 Å². The van der Waals surface area contributed by atoms with Crippen molar-refractivity contribution in [2.45, 2.75) is 68.3 Å². The van der Waals surface area contributed by atoms with Crippen LogP contribution in [-0.4, -0.2) is 55.3 Å². The van der Waals surface area contributed by atoms with Gasteiger partial charge in [-0.3, -0.25) is 4.79 Å². The molecule has 0 heterocycles. The number of carbonyl (C=O) groups is 1. The Bertz CT molecular complexity index is 640. The van der Waals surface area contributed by atoms with Gasteiger partial charge in [0.15, 0.2) is 0 Å². The Balaban J connectivity index is 1.63. The van der Waals surface area contributed by atoms with Crippen LogP contribution in [0.2, 0.25) is 0 Å². The van der Waals surface area contributed by atoms with Gasteiger partial charge >= 0.3 is 7.12 Å². The summed E-state index contributed by atoms with van der Waals surface area (Å²) in [5, 5.41) is 24.9. The van der Waals surface area contributed by atoms with Crippen LogP contribution >= 0.6 is 0 Å². The summed E-state index contributed by atoms with van der Waals surface area (Å²) >= 11 is 0. The van der Waals surface area contributed by atoms with Crippen LogP contribution in [0.25, 0.3) is 0 Å². The first-order valence-corrected chi connectivity index (χ1v) is 10.4. The third kappa shape index (κ3) is 4.43. The molecule has 1 amide bonds. The largest absolute Gasteiger partial charge is 0.475 e. The molecule has 1 aromatic rings. The van der Waals surface area contributed by atoms with Crippen molar-refractivity contribution in [3.8, 4) is 0 Å². The Morgan fingerprint density at radius 2 is 1.75 bits per heavy atom. The third-order valence-electron chi connectivity index (χ3n) is 6.99. The van der Waals surface area contributed by atoms with E-state index in [0.29, 0.717) is 12.0 Å². The molecule has 4 N–H and O–H groups in total. The molecule has 0 spiro atoms. The molecule has 28 heavy (non-hydrogen) atoms. The van der Waals surface area contributed by atoms with Crippen LogP contribution in [0, 0.1) is 0 Å². The van der Waals surface area contributed by atoms with E-state index >= 15 is 0 Å². The van der Waals surface area contributed by atoms with E-state index in [1.807, 2.05) is 26.3 Å². The lowest BCUT2D eigenvalue weighted by Gasteiger charge is -2.53. The zero-order valence-electron chi connectivity index (χ0n) is 17.0. The van der Waals surface area contributed by atoms with Crippen molar-refractivity contribution in [1.29, 1.82) is 0 Å². The lowest BCUT2D eigenvalue weighted by Crippen LogP contribution is -2.49. The van der Waals surface area contributed by atoms with Crippen LogP contribution in [0.5, 0.6) is 0 Å². The molecule has 3 aliphatic carbocycles. The average Bonchev–Trinajstić information content (AvgIpc) is 2.74. The number of hydrogen-bond acceptors (Lipinski definition) is 5. The van der Waals surface area contributed by atoms with E-state index in [-0.39, 0.29) is 16.9 Å². The first-order chi connectivity index (χ1) is 13.4. The first kappa shape index (κ1) is 21.3. The minimum Gasteiger partial charge on any atom is -0.426 e. The number of carbonyl (C=O) groups excluding carboxylic acids is 1. The molecule has 6 nitrogen and oxygen atoms in total. The summed E-state index contributed by atoms with van der Waals surface area (Å²) in [5.41, 5.74) is 2.17. The molecular weight excluding hydrogens is 355 g/mol. The molecule has 1 atom stereocenters. The molecule has 3 aliphatic rings. The molecule has 3 fully saturated rings. The smallest absolute Gasteiger partial charge is 0.426 e. The molecule has 1 aromatic carbocycles. The van der Waals surface area contributed by atoms with Crippen molar-refractivity contribution in [3.63, 3.8) is 0 Å². The highest BCUT2D eigenvalue weighted by atomic mass is 16.5. The molecular formula is C21H33BN2O4. The third-order valence-corrected chi connectivity index (χ3v) is 6.99. The van der Waals surface area contributed by atoms with Crippen LogP contribution in [0.3, 0.4) is 0 Å². The van der Waals surface area contributed by atoms with Crippen LogP contribution in [0.15, 0.2) is 24.3 Å². The Kier molecular flexibility index (Phi) is 6.81. The summed E-state index contributed by atoms with van der Waals surface area (Å²) in [6.45, 7) is 0.764. The molecule has 2 bridgehead atoms. The zero-order valence-corrected chi connectivity index (χ0v) is 17.0. The monoisotopic (exact) mass is 388 g/mol. The highest BCUT2D eigenvalue weighted by molar-refractivity contribution is 6.43. The van der Waals surface area contributed by atoms with Gasteiger partial charge in [-0.05, 0) is 88.1 Å². The predicted molar refractivity (Wildman–Crippen MR) is 110 cm³/mol. The Morgan fingerprint density at radius 3 is 2.25 bits per heavy atom. The molecule has 0 unspecified atom stereocenters. The molecule has 0 aromatic heterocycles. The van der Waals surface area contributed by atoms with E-state index in [2.05, 4.69) is 22.8 Å². The normalized spacial score (nSPS) is 27.4. The van der Waals surface area contributed by atoms with Gasteiger partial charge in [-0.15, -0.1) is 0 Å². The minimum atomic E-state index is -1.57. The molecule has 7 heteroatoms. The van der Waals surface area contributed by atoms with Gasteiger partial charge in [0.1, 0.15) is 0 Å². The van der Waals surface area contributed by atoms with E-state index in [1.54, 1.807) is 0 Å². The highest BCUT2D eigenvalue weighted by Crippen LogP contribution is 2.54. The molecule has 3 saturated carbocycles. The topological polar surface area (TPSA) is 90.8 Å². The van der Waals surface area contributed by atoms with Gasteiger partial charge in [-0.25, -0.2) is 0 Å². The summed E-state index contributed by atoms with van der Waals surface area (Å²) in [5.74, 6) is -0.935. The van der Waals surface area contributed by atoms with Gasteiger partial charge in [0, 0.05) is 12.7 Å². The number of amides is 1. The van der Waals surface area contributed by atoms with Gasteiger partial charge in [0.2, 0.25) is 0 Å². The van der Waals surface area contributed by atoms with E-state index in [4.69, 9.17) is 4.74 Å². The van der Waals surface area contributed by atoms with Crippen LogP contribution in [-0.2, 0) is 10.2 Å². The maximum absolute atomic E-state index is 12.6. The fraction of sp³-hybridized carbons (Fsp3) is 0.667. The zero-order chi connectivity index (χ0) is 20.2. The number of rotatable bonds is 9. The standard InChI is InChI=1S/C21H33BN2O4/c1-23-15-3-4-18(22(26)27)24-19(25)16-5-7-17(8-6-16)20-9-12-21(28-2,13-10-20)14-11-20/h5-8,18,23,26-27H,3-4,9-15H2,1-2H3,(H,24,25)/t18-,20?,21?/m0/s1. The van der Waals surface area contributed by atoms with Crippen molar-refractivity contribution in [3.05, 3.63) is 35.4 Å². The van der Waals surface area contributed by atoms with E-state index < -0.39 is 13.1 Å². The fourth-order valence-electron chi connectivity index (χ4n) is 4.91.